The van der Waals surface area contributed by atoms with Gasteiger partial charge in [-0.1, -0.05) is 0 Å². The second-order valence-corrected chi connectivity index (χ2v) is 2.32. The molecule has 14 heavy (non-hydrogen) atoms. The van der Waals surface area contributed by atoms with Crippen LogP contribution in [0.15, 0.2) is 16.2 Å². The molecule has 0 spiro atoms. The number of nitrogens with one attached hydrogen (secondary N) is 2. The highest BCUT2D eigenvalue weighted by Crippen LogP contribution is 2.03. The van der Waals surface area contributed by atoms with Gasteiger partial charge in [-0.15, -0.1) is 5.10 Å². The van der Waals surface area contributed by atoms with Gasteiger partial charge in [-0.25, -0.2) is 10.4 Å². The van der Waals surface area contributed by atoms with Crippen LogP contribution in [0.25, 0.3) is 0 Å². The van der Waals surface area contributed by atoms with Crippen molar-refractivity contribution in [3.05, 3.63) is 22.2 Å². The van der Waals surface area contributed by atoms with Crippen LogP contribution in [0.1, 0.15) is 5.56 Å². The molecule has 1 aromatic heterocycles. The maximum atomic E-state index is 11.3. The van der Waals surface area contributed by atoms with Crippen LogP contribution in [0, 0.1) is 0 Å². The van der Waals surface area contributed by atoms with Crippen LogP contribution < -0.4 is 22.3 Å². The molecule has 8 heteroatoms. The normalized spacial score (nSPS) is 11.4. The van der Waals surface area contributed by atoms with E-state index in [-0.39, 0.29) is 11.4 Å². The van der Waals surface area contributed by atoms with E-state index in [9.17, 15) is 9.90 Å². The Morgan fingerprint density at radius 1 is 1.86 bits per heavy atom. The molecule has 1 aromatic rings. The van der Waals surface area contributed by atoms with Crippen molar-refractivity contribution in [3.8, 4) is 5.88 Å². The lowest BCUT2D eigenvalue weighted by molar-refractivity contribution is -0.552. The highest BCUT2D eigenvalue weighted by molar-refractivity contribution is 5.92. The number of hydrogen-bond acceptors (Lipinski definition) is 6. The monoisotopic (exact) mass is 199 g/mol. The number of aromatic nitrogens is 2. The van der Waals surface area contributed by atoms with Gasteiger partial charge in [0.25, 0.3) is 11.4 Å². The van der Waals surface area contributed by atoms with Gasteiger partial charge in [0, 0.05) is 7.05 Å². The first-order valence-electron chi connectivity index (χ1n) is 3.77. The van der Waals surface area contributed by atoms with Crippen LogP contribution in [-0.4, -0.2) is 28.0 Å². The molecule has 0 unspecified atom stereocenters. The molecule has 0 radical (unpaired) electrons. The number of nitrogens with two attached hydrogens (primary N) is 2. The zero-order chi connectivity index (χ0) is 10.6. The average Bonchev–Trinajstić information content (AvgIpc) is 2.16. The number of aromatic hydroxyl groups is 1. The van der Waals surface area contributed by atoms with E-state index >= 15 is 0 Å². The van der Waals surface area contributed by atoms with Gasteiger partial charge in [-0.2, -0.15) is 5.84 Å². The topological polar surface area (TPSA) is 133 Å². The van der Waals surface area contributed by atoms with Gasteiger partial charge in [0.05, 0.1) is 6.33 Å². The molecule has 0 aliphatic heterocycles. The van der Waals surface area contributed by atoms with E-state index in [1.165, 1.54) is 0 Å². The van der Waals surface area contributed by atoms with E-state index < -0.39 is 11.4 Å². The number of amidine groups is 1. The molecule has 8 nitrogen and oxygen atoms in total. The molecule has 7 N–H and O–H groups in total. The van der Waals surface area contributed by atoms with Crippen molar-refractivity contribution < 1.29 is 10.5 Å². The molecular formula is C6H11N6O2+. The quantitative estimate of drug-likeness (QED) is 0.148. The van der Waals surface area contributed by atoms with Crippen LogP contribution >= 0.6 is 0 Å². The second kappa shape index (κ2) is 4.35. The minimum Gasteiger partial charge on any atom is -0.492 e. The summed E-state index contributed by atoms with van der Waals surface area (Å²) in [6.45, 7) is 0. The third-order valence-corrected chi connectivity index (χ3v) is 1.48. The van der Waals surface area contributed by atoms with Gasteiger partial charge in [0.1, 0.15) is 0 Å². The fourth-order valence-electron chi connectivity index (χ4n) is 0.918. The maximum Gasteiger partial charge on any atom is 0.278 e. The van der Waals surface area contributed by atoms with Crippen molar-refractivity contribution >= 4 is 5.84 Å². The molecule has 0 aliphatic carbocycles. The minimum atomic E-state index is -0.506. The SMILES string of the molecule is CN/N=C(\[NH2+]N)c1c(O)nc[nH]c1=O. The van der Waals surface area contributed by atoms with Crippen molar-refractivity contribution in [3.63, 3.8) is 0 Å². The first-order chi connectivity index (χ1) is 6.70. The van der Waals surface area contributed by atoms with Gasteiger partial charge in [-0.3, -0.25) is 4.79 Å². The molecule has 1 heterocycles. The molecule has 0 bridgehead atoms. The van der Waals surface area contributed by atoms with Crippen LogP contribution in [0.4, 0.5) is 0 Å². The standard InChI is InChI=1S/C6H10N6O2/c1-8-12-4(11-7)3-5(13)9-2-10-6(3)14/h2,8H,7H2,1H3,(H,11,12)(H2,9,10,13,14)/p+1. The van der Waals surface area contributed by atoms with Crippen molar-refractivity contribution in [2.24, 2.45) is 10.9 Å². The zero-order valence-electron chi connectivity index (χ0n) is 7.48. The Morgan fingerprint density at radius 2 is 2.57 bits per heavy atom. The molecule has 0 fully saturated rings. The summed E-state index contributed by atoms with van der Waals surface area (Å²) in [5, 5.41) is 13.0. The molecular weight excluding hydrogens is 188 g/mol. The van der Waals surface area contributed by atoms with E-state index in [0.717, 1.165) is 11.8 Å². The molecule has 0 amide bonds. The number of hydrogen-bond donors (Lipinski definition) is 5. The van der Waals surface area contributed by atoms with E-state index in [2.05, 4.69) is 20.5 Å². The summed E-state index contributed by atoms with van der Waals surface area (Å²) in [6.07, 6.45) is 1.09. The van der Waals surface area contributed by atoms with Gasteiger partial charge in [0.2, 0.25) is 5.88 Å². The third kappa shape index (κ3) is 1.87. The Bertz CT molecular complexity index is 398. The number of rotatable bonds is 2. The predicted molar refractivity (Wildman–Crippen MR) is 48.2 cm³/mol. The molecule has 0 aromatic carbocycles. The summed E-state index contributed by atoms with van der Waals surface area (Å²) in [7, 11) is 1.55. The smallest absolute Gasteiger partial charge is 0.278 e. The first kappa shape index (κ1) is 10.2. The highest BCUT2D eigenvalue weighted by atomic mass is 16.3. The molecule has 76 valence electrons. The lowest BCUT2D eigenvalue weighted by Crippen LogP contribution is -2.95. The Labute approximate surface area is 78.8 Å². The van der Waals surface area contributed by atoms with E-state index in [1.54, 1.807) is 7.05 Å². The second-order valence-electron chi connectivity index (χ2n) is 2.32. The van der Waals surface area contributed by atoms with Crippen molar-refractivity contribution in [1.29, 1.82) is 0 Å². The van der Waals surface area contributed by atoms with Gasteiger partial charge in [0.15, 0.2) is 5.56 Å². The van der Waals surface area contributed by atoms with Gasteiger partial charge in [-0.05, 0) is 0 Å². The Kier molecular flexibility index (Phi) is 3.15. The summed E-state index contributed by atoms with van der Waals surface area (Å²) >= 11 is 0. The van der Waals surface area contributed by atoms with E-state index in [4.69, 9.17) is 5.84 Å². The van der Waals surface area contributed by atoms with Crippen LogP contribution in [-0.2, 0) is 0 Å². The van der Waals surface area contributed by atoms with Crippen LogP contribution in [0.2, 0.25) is 0 Å². The Morgan fingerprint density at radius 3 is 3.07 bits per heavy atom. The average molecular weight is 199 g/mol. The predicted octanol–water partition coefficient (Wildman–Crippen LogP) is -3.21. The molecule has 1 rings (SSSR count). The van der Waals surface area contributed by atoms with Crippen LogP contribution in [0.3, 0.4) is 0 Å². The third-order valence-electron chi connectivity index (χ3n) is 1.48. The number of aromatic amines is 1. The van der Waals surface area contributed by atoms with Gasteiger partial charge >= 0.3 is 0 Å². The molecule has 0 aliphatic rings. The number of quaternary nitrogens is 1. The maximum absolute atomic E-state index is 11.3. The molecule has 0 saturated heterocycles. The van der Waals surface area contributed by atoms with Crippen molar-refractivity contribution in [2.75, 3.05) is 7.05 Å². The lowest BCUT2D eigenvalue weighted by Gasteiger charge is -2.00. The Hall–Kier alpha value is -1.93. The van der Waals surface area contributed by atoms with Gasteiger partial charge < -0.3 is 15.5 Å². The summed E-state index contributed by atoms with van der Waals surface area (Å²) in [5.41, 5.74) is 2.98. The summed E-state index contributed by atoms with van der Waals surface area (Å²) in [4.78, 5) is 17.1. The fourth-order valence-corrected chi connectivity index (χ4v) is 0.918. The summed E-state index contributed by atoms with van der Waals surface area (Å²) in [6, 6.07) is 0. The van der Waals surface area contributed by atoms with Crippen molar-refractivity contribution in [1.82, 2.24) is 15.4 Å². The van der Waals surface area contributed by atoms with E-state index in [1.807, 2.05) is 0 Å². The largest absolute Gasteiger partial charge is 0.492 e. The Balaban J connectivity index is 3.30. The molecule has 0 saturated carbocycles. The molecule has 0 atom stereocenters. The van der Waals surface area contributed by atoms with Crippen LogP contribution in [0.5, 0.6) is 5.88 Å². The summed E-state index contributed by atoms with van der Waals surface area (Å²) in [5.74, 6) is 4.95. The number of nitrogens with zero attached hydrogens (tertiary/aromatic N) is 2. The first-order valence-corrected chi connectivity index (χ1v) is 3.77. The number of H-pyrrole nitrogens is 1. The number of hydrazone groups is 1. The highest BCUT2D eigenvalue weighted by Gasteiger charge is 2.17. The minimum absolute atomic E-state index is 0.0654. The van der Waals surface area contributed by atoms with E-state index in [0.29, 0.717) is 0 Å². The fraction of sp³-hybridized carbons (Fsp3) is 0.167. The van der Waals surface area contributed by atoms with Crippen molar-refractivity contribution in [2.45, 2.75) is 0 Å². The zero-order valence-corrected chi connectivity index (χ0v) is 7.48. The summed E-state index contributed by atoms with van der Waals surface area (Å²) < 4.78 is 0. The lowest BCUT2D eigenvalue weighted by atomic mass is 10.3.